The van der Waals surface area contributed by atoms with Gasteiger partial charge in [-0.25, -0.2) is 17.9 Å². The van der Waals surface area contributed by atoms with Crippen molar-refractivity contribution < 1.29 is 17.3 Å². The summed E-state index contributed by atoms with van der Waals surface area (Å²) in [5.74, 6) is 0.766. The van der Waals surface area contributed by atoms with E-state index in [1.807, 2.05) is 0 Å². The molecule has 1 fully saturated rings. The van der Waals surface area contributed by atoms with E-state index in [9.17, 15) is 12.8 Å². The van der Waals surface area contributed by atoms with Crippen molar-refractivity contribution in [2.75, 3.05) is 0 Å². The van der Waals surface area contributed by atoms with Crippen LogP contribution in [-0.4, -0.2) is 18.6 Å². The third-order valence-electron chi connectivity index (χ3n) is 5.21. The molecule has 0 unspecified atom stereocenters. The molecule has 0 saturated heterocycles. The fourth-order valence-corrected chi connectivity index (χ4v) is 4.19. The molecule has 1 aliphatic carbocycles. The molecule has 1 aliphatic rings. The number of halogens is 1. The van der Waals surface area contributed by atoms with Gasteiger partial charge in [-0.2, -0.15) is 4.98 Å². The molecule has 2 N–H and O–H groups in total. The van der Waals surface area contributed by atoms with Gasteiger partial charge in [0.25, 0.3) is 5.89 Å². The third kappa shape index (κ3) is 3.15. The SMILES string of the molecule is CC1(C)[C@@H](c2ccc(S(N)(=O)=O)cc2)[C@@H]1c1noc(-c2ccc(F)cc2)n1. The minimum absolute atomic E-state index is 0.0378. The number of hydrogen-bond donors (Lipinski definition) is 1. The van der Waals surface area contributed by atoms with Gasteiger partial charge in [-0.15, -0.1) is 0 Å². The summed E-state index contributed by atoms with van der Waals surface area (Å²) >= 11 is 0. The number of aromatic nitrogens is 2. The summed E-state index contributed by atoms with van der Waals surface area (Å²) in [4.78, 5) is 4.57. The van der Waals surface area contributed by atoms with Crippen LogP contribution in [-0.2, 0) is 10.0 Å². The predicted octanol–water partition coefficient (Wildman–Crippen LogP) is 3.43. The second kappa shape index (κ2) is 5.97. The van der Waals surface area contributed by atoms with Crippen molar-refractivity contribution in [2.24, 2.45) is 10.6 Å². The number of rotatable bonds is 4. The molecule has 6 nitrogen and oxygen atoms in total. The number of nitrogens with zero attached hydrogens (tertiary/aromatic N) is 2. The first-order valence-corrected chi connectivity index (χ1v) is 9.95. The van der Waals surface area contributed by atoms with Crippen molar-refractivity contribution >= 4 is 10.0 Å². The van der Waals surface area contributed by atoms with E-state index < -0.39 is 10.0 Å². The van der Waals surface area contributed by atoms with Crippen LogP contribution in [0.5, 0.6) is 0 Å². The summed E-state index contributed by atoms with van der Waals surface area (Å²) in [6.07, 6.45) is 0. The highest BCUT2D eigenvalue weighted by molar-refractivity contribution is 7.89. The Morgan fingerprint density at radius 1 is 1.04 bits per heavy atom. The van der Waals surface area contributed by atoms with Gasteiger partial charge in [-0.1, -0.05) is 31.1 Å². The highest BCUT2D eigenvalue weighted by Crippen LogP contribution is 2.69. The summed E-state index contributed by atoms with van der Waals surface area (Å²) in [7, 11) is -3.72. The van der Waals surface area contributed by atoms with Gasteiger partial charge in [0.1, 0.15) is 5.82 Å². The lowest BCUT2D eigenvalue weighted by Gasteiger charge is -2.04. The molecule has 1 heterocycles. The normalized spacial score (nSPS) is 21.2. The van der Waals surface area contributed by atoms with Gasteiger partial charge in [0.15, 0.2) is 5.82 Å². The highest BCUT2D eigenvalue weighted by Gasteiger charge is 2.61. The standard InChI is InChI=1S/C19H18FN3O3S/c1-19(2)15(11-5-9-14(10-6-11)27(21,24)25)16(19)17-22-18(26-23-17)12-3-7-13(20)8-4-12/h3-10,15-16H,1-2H3,(H2,21,24,25)/t15-,16+/m0/s1. The van der Waals surface area contributed by atoms with E-state index in [1.54, 1.807) is 24.3 Å². The molecule has 0 bridgehead atoms. The topological polar surface area (TPSA) is 99.1 Å². The fraction of sp³-hybridized carbons (Fsp3) is 0.263. The van der Waals surface area contributed by atoms with Gasteiger partial charge in [-0.3, -0.25) is 0 Å². The van der Waals surface area contributed by atoms with Crippen LogP contribution in [0.15, 0.2) is 57.9 Å². The monoisotopic (exact) mass is 387 g/mol. The molecule has 0 radical (unpaired) electrons. The molecule has 8 heteroatoms. The number of primary sulfonamides is 1. The molecule has 0 spiro atoms. The Labute approximate surface area is 156 Å². The lowest BCUT2D eigenvalue weighted by molar-refractivity contribution is 0.419. The molecule has 1 aromatic heterocycles. The number of sulfonamides is 1. The number of benzene rings is 2. The zero-order valence-electron chi connectivity index (χ0n) is 14.8. The average Bonchev–Trinajstić information content (AvgIpc) is 2.94. The van der Waals surface area contributed by atoms with E-state index in [4.69, 9.17) is 9.66 Å². The summed E-state index contributed by atoms with van der Waals surface area (Å²) in [5, 5.41) is 9.26. The van der Waals surface area contributed by atoms with Gasteiger partial charge >= 0.3 is 0 Å². The number of nitrogens with two attached hydrogens (primary N) is 1. The maximum Gasteiger partial charge on any atom is 0.257 e. The summed E-state index contributed by atoms with van der Waals surface area (Å²) in [6.45, 7) is 4.20. The van der Waals surface area contributed by atoms with E-state index in [2.05, 4.69) is 24.0 Å². The summed E-state index contributed by atoms with van der Waals surface area (Å²) < 4.78 is 41.3. The van der Waals surface area contributed by atoms with Gasteiger partial charge < -0.3 is 4.52 Å². The van der Waals surface area contributed by atoms with Crippen LogP contribution < -0.4 is 5.14 Å². The zero-order valence-corrected chi connectivity index (χ0v) is 15.6. The lowest BCUT2D eigenvalue weighted by Crippen LogP contribution is -2.11. The fourth-order valence-electron chi connectivity index (χ4n) is 3.68. The van der Waals surface area contributed by atoms with Crippen LogP contribution in [0, 0.1) is 11.2 Å². The first kappa shape index (κ1) is 17.8. The molecular weight excluding hydrogens is 369 g/mol. The average molecular weight is 387 g/mol. The summed E-state index contributed by atoms with van der Waals surface area (Å²) in [5.41, 5.74) is 1.54. The highest BCUT2D eigenvalue weighted by atomic mass is 32.2. The third-order valence-corrected chi connectivity index (χ3v) is 6.14. The Bertz CT molecular complexity index is 1090. The van der Waals surface area contributed by atoms with E-state index in [0.717, 1.165) is 5.56 Å². The smallest absolute Gasteiger partial charge is 0.257 e. The first-order valence-electron chi connectivity index (χ1n) is 8.40. The van der Waals surface area contributed by atoms with Crippen molar-refractivity contribution in [3.05, 3.63) is 65.7 Å². The van der Waals surface area contributed by atoms with Crippen molar-refractivity contribution in [1.82, 2.24) is 10.1 Å². The molecule has 4 rings (SSSR count). The molecule has 1 saturated carbocycles. The molecule has 140 valence electrons. The Morgan fingerprint density at radius 3 is 2.26 bits per heavy atom. The van der Waals surface area contributed by atoms with Crippen LogP contribution in [0.25, 0.3) is 11.5 Å². The maximum atomic E-state index is 13.1. The molecule has 2 atom stereocenters. The molecular formula is C19H18FN3O3S. The van der Waals surface area contributed by atoms with Crippen LogP contribution in [0.2, 0.25) is 0 Å². The minimum atomic E-state index is -3.72. The van der Waals surface area contributed by atoms with Crippen LogP contribution in [0.1, 0.15) is 37.1 Å². The quantitative estimate of drug-likeness (QED) is 0.739. The minimum Gasteiger partial charge on any atom is -0.334 e. The van der Waals surface area contributed by atoms with E-state index in [0.29, 0.717) is 17.3 Å². The first-order chi connectivity index (χ1) is 12.7. The molecule has 0 amide bonds. The number of hydrogen-bond acceptors (Lipinski definition) is 5. The Morgan fingerprint density at radius 2 is 1.67 bits per heavy atom. The van der Waals surface area contributed by atoms with E-state index >= 15 is 0 Å². The lowest BCUT2D eigenvalue weighted by atomic mass is 10.0. The van der Waals surface area contributed by atoms with Crippen LogP contribution in [0.4, 0.5) is 4.39 Å². The largest absolute Gasteiger partial charge is 0.334 e. The molecule has 0 aliphatic heterocycles. The molecule has 3 aromatic rings. The van der Waals surface area contributed by atoms with Crippen molar-refractivity contribution in [1.29, 1.82) is 0 Å². The Kier molecular flexibility index (Phi) is 3.94. The zero-order chi connectivity index (χ0) is 19.4. The van der Waals surface area contributed by atoms with Gasteiger partial charge in [0, 0.05) is 17.4 Å². The van der Waals surface area contributed by atoms with E-state index in [-0.39, 0.29) is 28.0 Å². The van der Waals surface area contributed by atoms with Crippen LogP contribution in [0.3, 0.4) is 0 Å². The summed E-state index contributed by atoms with van der Waals surface area (Å²) in [6, 6.07) is 12.4. The molecule has 27 heavy (non-hydrogen) atoms. The van der Waals surface area contributed by atoms with Crippen molar-refractivity contribution in [2.45, 2.75) is 30.6 Å². The van der Waals surface area contributed by atoms with Gasteiger partial charge in [-0.05, 0) is 47.4 Å². The maximum absolute atomic E-state index is 13.1. The Balaban J connectivity index is 1.61. The van der Waals surface area contributed by atoms with Gasteiger partial charge in [0.05, 0.1) is 4.90 Å². The molecule has 2 aromatic carbocycles. The van der Waals surface area contributed by atoms with Crippen molar-refractivity contribution in [3.8, 4) is 11.5 Å². The van der Waals surface area contributed by atoms with Crippen LogP contribution >= 0.6 is 0 Å². The Hall–Kier alpha value is -2.58. The van der Waals surface area contributed by atoms with Gasteiger partial charge in [0.2, 0.25) is 10.0 Å². The second-order valence-electron chi connectivity index (χ2n) is 7.36. The van der Waals surface area contributed by atoms with E-state index in [1.165, 1.54) is 24.3 Å². The van der Waals surface area contributed by atoms with Crippen molar-refractivity contribution in [3.63, 3.8) is 0 Å². The second-order valence-corrected chi connectivity index (χ2v) is 8.92. The predicted molar refractivity (Wildman–Crippen MR) is 96.8 cm³/mol.